The van der Waals surface area contributed by atoms with Gasteiger partial charge in [0.05, 0.1) is 34.1 Å². The lowest BCUT2D eigenvalue weighted by molar-refractivity contribution is 0.388. The average Bonchev–Trinajstić information content (AvgIpc) is 3.34. The number of aryl methyl sites for hydroxylation is 1. The molecule has 1 aliphatic heterocycles. The predicted octanol–water partition coefficient (Wildman–Crippen LogP) is 2.90. The normalized spacial score (nSPS) is 18.7. The van der Waals surface area contributed by atoms with Crippen LogP contribution in [0.15, 0.2) is 52.0 Å². The Hall–Kier alpha value is -2.45. The molecule has 130 valence electrons. The smallest absolute Gasteiger partial charge is 0.243 e. The molecule has 7 nitrogen and oxygen atoms in total. The highest BCUT2D eigenvalue weighted by Gasteiger charge is 2.38. The number of nitrogens with one attached hydrogen (secondary N) is 1. The van der Waals surface area contributed by atoms with Crippen molar-refractivity contribution in [2.45, 2.75) is 30.7 Å². The summed E-state index contributed by atoms with van der Waals surface area (Å²) in [5.74, 6) is 0.588. The zero-order valence-electron chi connectivity index (χ0n) is 13.7. The van der Waals surface area contributed by atoms with Gasteiger partial charge in [0.1, 0.15) is 0 Å². The van der Waals surface area contributed by atoms with E-state index < -0.39 is 10.0 Å². The lowest BCUT2D eigenvalue weighted by Crippen LogP contribution is -2.31. The molecule has 4 rings (SSSR count). The fraction of sp³-hybridized carbons (Fsp3) is 0.294. The Kier molecular flexibility index (Phi) is 3.93. The third-order valence-corrected chi connectivity index (χ3v) is 6.37. The number of nitrogens with zero attached hydrogens (tertiary/aromatic N) is 3. The number of benzene rings is 1. The fourth-order valence-corrected chi connectivity index (χ4v) is 4.97. The standard InChI is InChI=1S/C17H18N4O3S/c1-12-10-16(24-20-12)14-11-18-19-17(14)15-8-5-9-21(15)25(22,23)13-6-3-2-4-7-13/h2-4,6-7,10-11,15H,5,8-9H2,1H3,(H,18,19)/t15-/m0/s1. The second kappa shape index (κ2) is 6.12. The summed E-state index contributed by atoms with van der Waals surface area (Å²) >= 11 is 0. The van der Waals surface area contributed by atoms with Crippen LogP contribution >= 0.6 is 0 Å². The Balaban J connectivity index is 1.73. The first-order valence-corrected chi connectivity index (χ1v) is 9.55. The second-order valence-corrected chi connectivity index (χ2v) is 8.01. The highest BCUT2D eigenvalue weighted by atomic mass is 32.2. The number of sulfonamides is 1. The molecule has 1 N–H and O–H groups in total. The topological polar surface area (TPSA) is 92.1 Å². The molecule has 0 radical (unpaired) electrons. The Morgan fingerprint density at radius 2 is 2.08 bits per heavy atom. The Morgan fingerprint density at radius 1 is 1.28 bits per heavy atom. The lowest BCUT2D eigenvalue weighted by Gasteiger charge is -2.23. The zero-order chi connectivity index (χ0) is 17.4. The van der Waals surface area contributed by atoms with Gasteiger partial charge < -0.3 is 4.52 Å². The molecule has 1 saturated heterocycles. The van der Waals surface area contributed by atoms with E-state index in [1.165, 1.54) is 0 Å². The summed E-state index contributed by atoms with van der Waals surface area (Å²) in [6.07, 6.45) is 3.18. The fourth-order valence-electron chi connectivity index (χ4n) is 3.28. The quantitative estimate of drug-likeness (QED) is 0.774. The van der Waals surface area contributed by atoms with Crippen molar-refractivity contribution in [1.82, 2.24) is 19.7 Å². The maximum atomic E-state index is 13.0. The summed E-state index contributed by atoms with van der Waals surface area (Å²) in [6, 6.07) is 10.0. The van der Waals surface area contributed by atoms with Gasteiger partial charge in [-0.15, -0.1) is 0 Å². The maximum Gasteiger partial charge on any atom is 0.243 e. The molecule has 0 aliphatic carbocycles. The predicted molar refractivity (Wildman–Crippen MR) is 91.1 cm³/mol. The molecular formula is C17H18N4O3S. The summed E-state index contributed by atoms with van der Waals surface area (Å²) in [5.41, 5.74) is 2.26. The van der Waals surface area contributed by atoms with Crippen molar-refractivity contribution in [3.8, 4) is 11.3 Å². The van der Waals surface area contributed by atoms with Gasteiger partial charge in [-0.1, -0.05) is 23.4 Å². The van der Waals surface area contributed by atoms with Gasteiger partial charge in [-0.2, -0.15) is 9.40 Å². The summed E-state index contributed by atoms with van der Waals surface area (Å²) < 4.78 is 33.0. The van der Waals surface area contributed by atoms with Crippen molar-refractivity contribution in [2.24, 2.45) is 0 Å². The van der Waals surface area contributed by atoms with E-state index in [9.17, 15) is 8.42 Å². The van der Waals surface area contributed by atoms with Crippen LogP contribution < -0.4 is 0 Å². The van der Waals surface area contributed by atoms with E-state index in [4.69, 9.17) is 4.52 Å². The molecule has 3 aromatic rings. The number of hydrogen-bond donors (Lipinski definition) is 1. The molecule has 0 spiro atoms. The number of aromatic amines is 1. The summed E-state index contributed by atoms with van der Waals surface area (Å²) in [5, 5.41) is 11.0. The molecular weight excluding hydrogens is 340 g/mol. The summed E-state index contributed by atoms with van der Waals surface area (Å²) in [7, 11) is -3.57. The van der Waals surface area contributed by atoms with Gasteiger partial charge in [-0.25, -0.2) is 8.42 Å². The van der Waals surface area contributed by atoms with Gasteiger partial charge in [-0.3, -0.25) is 5.10 Å². The Bertz CT molecular complexity index is 978. The van der Waals surface area contributed by atoms with Crippen LogP contribution in [0.5, 0.6) is 0 Å². The lowest BCUT2D eigenvalue weighted by atomic mass is 10.1. The molecule has 0 unspecified atom stereocenters. The first-order valence-electron chi connectivity index (χ1n) is 8.11. The molecule has 2 aromatic heterocycles. The largest absolute Gasteiger partial charge is 0.356 e. The van der Waals surface area contributed by atoms with Crippen LogP contribution in [-0.2, 0) is 10.0 Å². The molecule has 0 bridgehead atoms. The minimum absolute atomic E-state index is 0.298. The van der Waals surface area contributed by atoms with Crippen LogP contribution in [0.4, 0.5) is 0 Å². The van der Waals surface area contributed by atoms with Crippen molar-refractivity contribution in [3.63, 3.8) is 0 Å². The second-order valence-electron chi connectivity index (χ2n) is 6.12. The van der Waals surface area contributed by atoms with E-state index in [1.807, 2.05) is 13.0 Å². The van der Waals surface area contributed by atoms with Crippen LogP contribution in [0.25, 0.3) is 11.3 Å². The zero-order valence-corrected chi connectivity index (χ0v) is 14.5. The molecule has 0 amide bonds. The van der Waals surface area contributed by atoms with Gasteiger partial charge in [-0.05, 0) is 31.9 Å². The first kappa shape index (κ1) is 16.0. The maximum absolute atomic E-state index is 13.0. The monoisotopic (exact) mass is 358 g/mol. The van der Waals surface area contributed by atoms with E-state index in [1.54, 1.807) is 40.8 Å². The van der Waals surface area contributed by atoms with E-state index in [2.05, 4.69) is 15.4 Å². The molecule has 0 saturated carbocycles. The van der Waals surface area contributed by atoms with Gasteiger partial charge in [0.25, 0.3) is 0 Å². The van der Waals surface area contributed by atoms with Gasteiger partial charge in [0, 0.05) is 12.6 Å². The minimum atomic E-state index is -3.57. The highest BCUT2D eigenvalue weighted by molar-refractivity contribution is 7.89. The van der Waals surface area contributed by atoms with E-state index >= 15 is 0 Å². The van der Waals surface area contributed by atoms with Crippen LogP contribution in [0.2, 0.25) is 0 Å². The van der Waals surface area contributed by atoms with Crippen molar-refractivity contribution in [1.29, 1.82) is 0 Å². The van der Waals surface area contributed by atoms with Crippen molar-refractivity contribution in [2.75, 3.05) is 6.54 Å². The number of rotatable bonds is 4. The van der Waals surface area contributed by atoms with Gasteiger partial charge in [0.2, 0.25) is 10.0 Å². The third kappa shape index (κ3) is 2.77. The van der Waals surface area contributed by atoms with E-state index in [0.717, 1.165) is 29.8 Å². The summed E-state index contributed by atoms with van der Waals surface area (Å²) in [4.78, 5) is 0.304. The molecule has 8 heteroatoms. The molecule has 1 fully saturated rings. The molecule has 1 aromatic carbocycles. The molecule has 1 atom stereocenters. The van der Waals surface area contributed by atoms with Crippen LogP contribution in [0.1, 0.15) is 30.3 Å². The van der Waals surface area contributed by atoms with Crippen molar-refractivity contribution >= 4 is 10.0 Å². The van der Waals surface area contributed by atoms with Crippen LogP contribution in [0.3, 0.4) is 0 Å². The highest BCUT2D eigenvalue weighted by Crippen LogP contribution is 2.39. The summed E-state index contributed by atoms with van der Waals surface area (Å²) in [6.45, 7) is 2.32. The van der Waals surface area contributed by atoms with E-state index in [0.29, 0.717) is 17.2 Å². The van der Waals surface area contributed by atoms with Crippen molar-refractivity contribution < 1.29 is 12.9 Å². The van der Waals surface area contributed by atoms with E-state index in [-0.39, 0.29) is 6.04 Å². The first-order chi connectivity index (χ1) is 12.1. The van der Waals surface area contributed by atoms with Gasteiger partial charge >= 0.3 is 0 Å². The molecule has 3 heterocycles. The number of aromatic nitrogens is 3. The average molecular weight is 358 g/mol. The SMILES string of the molecule is Cc1cc(-c2cn[nH]c2[C@@H]2CCCN2S(=O)(=O)c2ccccc2)on1. The minimum Gasteiger partial charge on any atom is -0.356 e. The molecule has 25 heavy (non-hydrogen) atoms. The van der Waals surface area contributed by atoms with Crippen LogP contribution in [0, 0.1) is 6.92 Å². The van der Waals surface area contributed by atoms with Gasteiger partial charge in [0.15, 0.2) is 5.76 Å². The Morgan fingerprint density at radius 3 is 2.80 bits per heavy atom. The Labute approximate surface area is 145 Å². The molecule has 1 aliphatic rings. The third-order valence-electron chi connectivity index (χ3n) is 4.45. The van der Waals surface area contributed by atoms with Crippen molar-refractivity contribution in [3.05, 3.63) is 54.0 Å². The number of H-pyrrole nitrogens is 1. The van der Waals surface area contributed by atoms with Crippen LogP contribution in [-0.4, -0.2) is 34.6 Å². The number of hydrogen-bond acceptors (Lipinski definition) is 5.